The van der Waals surface area contributed by atoms with E-state index in [0.29, 0.717) is 0 Å². The van der Waals surface area contributed by atoms with Crippen LogP contribution in [0.5, 0.6) is 0 Å². The van der Waals surface area contributed by atoms with Crippen molar-refractivity contribution in [3.63, 3.8) is 0 Å². The van der Waals surface area contributed by atoms with E-state index in [1.54, 1.807) is 45.0 Å². The van der Waals surface area contributed by atoms with Crippen molar-refractivity contribution in [2.45, 2.75) is 39.3 Å². The number of sulfonamides is 1. The molecule has 0 bridgehead atoms. The summed E-state index contributed by atoms with van der Waals surface area (Å²) in [6, 6.07) is 8.92. The molecule has 0 spiro atoms. The van der Waals surface area contributed by atoms with Gasteiger partial charge >= 0.3 is 5.97 Å². The molecule has 0 aromatic heterocycles. The van der Waals surface area contributed by atoms with Crippen LogP contribution in [-0.4, -0.2) is 49.8 Å². The van der Waals surface area contributed by atoms with Gasteiger partial charge < -0.3 is 10.1 Å². The third-order valence-electron chi connectivity index (χ3n) is 3.19. The second kappa shape index (κ2) is 8.95. The first-order valence-corrected chi connectivity index (χ1v) is 9.62. The molecule has 1 rings (SSSR count). The number of ether oxygens (including phenoxy) is 1. The molecule has 1 atom stereocenters. The van der Waals surface area contributed by atoms with Crippen LogP contribution in [0.15, 0.2) is 35.7 Å². The first-order chi connectivity index (χ1) is 11.9. The van der Waals surface area contributed by atoms with Crippen molar-refractivity contribution < 1.29 is 22.7 Å². The minimum Gasteiger partial charge on any atom is -0.452 e. The largest absolute Gasteiger partial charge is 0.452 e. The number of benzene rings is 1. The number of esters is 1. The van der Waals surface area contributed by atoms with Crippen LogP contribution < -0.4 is 5.32 Å². The normalized spacial score (nSPS) is 13.6. The first-order valence-electron chi connectivity index (χ1n) is 8.12. The average Bonchev–Trinajstić information content (AvgIpc) is 2.52. The molecule has 7 nitrogen and oxygen atoms in total. The zero-order chi connectivity index (χ0) is 20.0. The average molecular weight is 382 g/mol. The number of rotatable bonds is 7. The van der Waals surface area contributed by atoms with Crippen molar-refractivity contribution >= 4 is 28.0 Å². The molecule has 144 valence electrons. The molecule has 0 aliphatic heterocycles. The van der Waals surface area contributed by atoms with Crippen LogP contribution in [0.1, 0.15) is 33.3 Å². The third kappa shape index (κ3) is 7.79. The summed E-state index contributed by atoms with van der Waals surface area (Å²) in [5, 5.41) is 3.71. The van der Waals surface area contributed by atoms with Gasteiger partial charge in [0.2, 0.25) is 10.0 Å². The van der Waals surface area contributed by atoms with Gasteiger partial charge in [-0.05, 0) is 39.3 Å². The van der Waals surface area contributed by atoms with Gasteiger partial charge in [-0.3, -0.25) is 9.59 Å². The number of nitrogens with zero attached hydrogens (tertiary/aromatic N) is 1. The molecule has 0 unspecified atom stereocenters. The Morgan fingerprint density at radius 1 is 1.23 bits per heavy atom. The summed E-state index contributed by atoms with van der Waals surface area (Å²) < 4.78 is 30.3. The van der Waals surface area contributed by atoms with Gasteiger partial charge in [-0.2, -0.15) is 4.31 Å². The molecule has 1 amide bonds. The second-order valence-corrected chi connectivity index (χ2v) is 8.81. The summed E-state index contributed by atoms with van der Waals surface area (Å²) in [6.45, 7) is 6.36. The summed E-state index contributed by atoms with van der Waals surface area (Å²) in [5.41, 5.74) is 0.264. The topological polar surface area (TPSA) is 92.8 Å². The van der Waals surface area contributed by atoms with Gasteiger partial charge in [0.05, 0.1) is 0 Å². The summed E-state index contributed by atoms with van der Waals surface area (Å²) in [7, 11) is -2.52. The van der Waals surface area contributed by atoms with Gasteiger partial charge in [0.1, 0.15) is 6.54 Å². The van der Waals surface area contributed by atoms with Crippen molar-refractivity contribution in [1.29, 1.82) is 0 Å². The molecule has 0 saturated heterocycles. The lowest BCUT2D eigenvalue weighted by molar-refractivity contribution is -0.155. The van der Waals surface area contributed by atoms with Gasteiger partial charge in [-0.25, -0.2) is 8.42 Å². The lowest BCUT2D eigenvalue weighted by atomic mass is 10.1. The molecule has 0 aliphatic carbocycles. The molecule has 0 fully saturated rings. The Kier molecular flexibility index (Phi) is 7.53. The van der Waals surface area contributed by atoms with Gasteiger partial charge in [-0.1, -0.05) is 30.3 Å². The lowest BCUT2D eigenvalue weighted by Gasteiger charge is -2.23. The Morgan fingerprint density at radius 3 is 2.35 bits per heavy atom. The Bertz CT molecular complexity index is 752. The standard InChI is InChI=1S/C18H26N2O5S/c1-14(17(22)19-18(2,3)4)25-16(21)13-20(5)26(23,24)12-11-15-9-7-6-8-10-15/h6-12,14H,13H2,1-5H3,(H,19,22)/b12-11+/t14-/m0/s1. The fourth-order valence-corrected chi connectivity index (χ4v) is 2.69. The van der Waals surface area contributed by atoms with Gasteiger partial charge in [0.25, 0.3) is 5.91 Å². The van der Waals surface area contributed by atoms with Gasteiger partial charge in [0.15, 0.2) is 6.10 Å². The maximum Gasteiger partial charge on any atom is 0.322 e. The van der Waals surface area contributed by atoms with E-state index in [0.717, 1.165) is 15.3 Å². The number of likely N-dealkylation sites (N-methyl/N-ethyl adjacent to an activating group) is 1. The Labute approximate surface area is 155 Å². The summed E-state index contributed by atoms with van der Waals surface area (Å²) >= 11 is 0. The van der Waals surface area contributed by atoms with Crippen LogP contribution in [0.25, 0.3) is 6.08 Å². The summed E-state index contributed by atoms with van der Waals surface area (Å²) in [4.78, 5) is 23.8. The van der Waals surface area contributed by atoms with Crippen LogP contribution in [0.2, 0.25) is 0 Å². The predicted molar refractivity (Wildman–Crippen MR) is 100 cm³/mol. The van der Waals surface area contributed by atoms with E-state index in [9.17, 15) is 18.0 Å². The maximum atomic E-state index is 12.2. The lowest BCUT2D eigenvalue weighted by Crippen LogP contribution is -2.46. The predicted octanol–water partition coefficient (Wildman–Crippen LogP) is 1.77. The van der Waals surface area contributed by atoms with E-state index in [2.05, 4.69) is 5.32 Å². The second-order valence-electron chi connectivity index (χ2n) is 6.89. The molecule has 1 aromatic carbocycles. The molecule has 0 heterocycles. The number of nitrogens with one attached hydrogen (secondary N) is 1. The van der Waals surface area contributed by atoms with E-state index >= 15 is 0 Å². The van der Waals surface area contributed by atoms with Crippen molar-refractivity contribution in [3.05, 3.63) is 41.3 Å². The minimum atomic E-state index is -3.79. The molecular weight excluding hydrogens is 356 g/mol. The molecule has 0 aliphatic rings. The van der Waals surface area contributed by atoms with Crippen LogP contribution in [-0.2, 0) is 24.3 Å². The highest BCUT2D eigenvalue weighted by Crippen LogP contribution is 2.07. The maximum absolute atomic E-state index is 12.2. The zero-order valence-electron chi connectivity index (χ0n) is 15.7. The number of hydrogen-bond donors (Lipinski definition) is 1. The molecule has 1 aromatic rings. The van der Waals surface area contributed by atoms with Crippen LogP contribution in [0.4, 0.5) is 0 Å². The number of amides is 1. The highest BCUT2D eigenvalue weighted by atomic mass is 32.2. The monoisotopic (exact) mass is 382 g/mol. The first kappa shape index (κ1) is 21.9. The Morgan fingerprint density at radius 2 is 1.81 bits per heavy atom. The van der Waals surface area contributed by atoms with E-state index in [-0.39, 0.29) is 0 Å². The van der Waals surface area contributed by atoms with Crippen LogP contribution in [0.3, 0.4) is 0 Å². The SMILES string of the molecule is C[C@H](OC(=O)CN(C)S(=O)(=O)/C=C/c1ccccc1)C(=O)NC(C)(C)C. The van der Waals surface area contributed by atoms with Gasteiger partial charge in [0, 0.05) is 18.0 Å². The Hall–Kier alpha value is -2.19. The van der Waals surface area contributed by atoms with E-state index in [1.165, 1.54) is 20.0 Å². The molecular formula is C18H26N2O5S. The minimum absolute atomic E-state index is 0.444. The smallest absolute Gasteiger partial charge is 0.322 e. The summed E-state index contributed by atoms with van der Waals surface area (Å²) in [5.74, 6) is -1.25. The fourth-order valence-electron chi connectivity index (χ4n) is 1.86. The molecule has 0 radical (unpaired) electrons. The highest BCUT2D eigenvalue weighted by Gasteiger charge is 2.24. The highest BCUT2D eigenvalue weighted by molar-refractivity contribution is 7.92. The van der Waals surface area contributed by atoms with Crippen molar-refractivity contribution in [3.8, 4) is 0 Å². The molecule has 26 heavy (non-hydrogen) atoms. The van der Waals surface area contributed by atoms with E-state index < -0.39 is 40.1 Å². The van der Waals surface area contributed by atoms with Gasteiger partial charge in [-0.15, -0.1) is 0 Å². The summed E-state index contributed by atoms with van der Waals surface area (Å²) in [6.07, 6.45) is 0.425. The van der Waals surface area contributed by atoms with Crippen molar-refractivity contribution in [2.24, 2.45) is 0 Å². The fraction of sp³-hybridized carbons (Fsp3) is 0.444. The Balaban J connectivity index is 2.62. The third-order valence-corrected chi connectivity index (χ3v) is 4.67. The molecule has 8 heteroatoms. The quantitative estimate of drug-likeness (QED) is 0.726. The van der Waals surface area contributed by atoms with Crippen molar-refractivity contribution in [2.75, 3.05) is 13.6 Å². The molecule has 0 saturated carbocycles. The van der Waals surface area contributed by atoms with Crippen molar-refractivity contribution in [1.82, 2.24) is 9.62 Å². The van der Waals surface area contributed by atoms with E-state index in [1.807, 2.05) is 6.07 Å². The van der Waals surface area contributed by atoms with Crippen LogP contribution in [0, 0.1) is 0 Å². The number of carbonyl (C=O) groups excluding carboxylic acids is 2. The number of hydrogen-bond acceptors (Lipinski definition) is 5. The number of carbonyl (C=O) groups is 2. The van der Waals surface area contributed by atoms with E-state index in [4.69, 9.17) is 4.74 Å². The van der Waals surface area contributed by atoms with Crippen LogP contribution >= 0.6 is 0 Å². The molecule has 1 N–H and O–H groups in total. The zero-order valence-corrected chi connectivity index (χ0v) is 16.5.